The predicted octanol–water partition coefficient (Wildman–Crippen LogP) is 0.174. The summed E-state index contributed by atoms with van der Waals surface area (Å²) in [6.07, 6.45) is 0.827. The van der Waals surface area contributed by atoms with Gasteiger partial charge in [-0.25, -0.2) is 13.4 Å². The third-order valence-electron chi connectivity index (χ3n) is 4.30. The second kappa shape index (κ2) is 8.41. The van der Waals surface area contributed by atoms with Gasteiger partial charge in [-0.2, -0.15) is 0 Å². The van der Waals surface area contributed by atoms with E-state index < -0.39 is 9.84 Å². The van der Waals surface area contributed by atoms with E-state index in [-0.39, 0.29) is 41.4 Å². The second-order valence-corrected chi connectivity index (χ2v) is 9.57. The summed E-state index contributed by atoms with van der Waals surface area (Å²) in [7, 11) is -3.06. The summed E-state index contributed by atoms with van der Waals surface area (Å²) in [5, 5.41) is 12.7. The highest BCUT2D eigenvalue weighted by molar-refractivity contribution is 7.99. The van der Waals surface area contributed by atoms with Gasteiger partial charge in [0.1, 0.15) is 0 Å². The molecule has 10 heteroatoms. The Morgan fingerprint density at radius 2 is 2.15 bits per heavy atom. The summed E-state index contributed by atoms with van der Waals surface area (Å²) in [6, 6.07) is 6.62. The quantitative estimate of drug-likeness (QED) is 0.493. The van der Waals surface area contributed by atoms with E-state index in [0.717, 1.165) is 11.8 Å². The molecule has 1 saturated heterocycles. The number of carbonyl (C=O) groups excluding carboxylic acids is 1. The fourth-order valence-electron chi connectivity index (χ4n) is 2.99. The first-order valence-electron chi connectivity index (χ1n) is 8.62. The van der Waals surface area contributed by atoms with Gasteiger partial charge in [-0.3, -0.25) is 14.2 Å². The Bertz CT molecular complexity index is 1000. The summed E-state index contributed by atoms with van der Waals surface area (Å²) in [5.41, 5.74) is 0.339. The van der Waals surface area contributed by atoms with E-state index in [2.05, 4.69) is 10.3 Å². The first-order valence-corrected chi connectivity index (χ1v) is 11.4. The third-order valence-corrected chi connectivity index (χ3v) is 7.04. The summed E-state index contributed by atoms with van der Waals surface area (Å²) < 4.78 is 24.4. The number of thioether (sulfide) groups is 1. The molecule has 1 aliphatic rings. The lowest BCUT2D eigenvalue weighted by molar-refractivity contribution is -0.119. The maximum Gasteiger partial charge on any atom is 0.262 e. The molecule has 0 unspecified atom stereocenters. The van der Waals surface area contributed by atoms with Crippen LogP contribution in [-0.2, 0) is 21.2 Å². The maximum absolute atomic E-state index is 12.7. The van der Waals surface area contributed by atoms with Crippen LogP contribution >= 0.6 is 11.8 Å². The molecule has 2 heterocycles. The molecule has 1 amide bonds. The van der Waals surface area contributed by atoms with E-state index in [0.29, 0.717) is 35.4 Å². The minimum atomic E-state index is -3.06. The Morgan fingerprint density at radius 3 is 2.85 bits per heavy atom. The van der Waals surface area contributed by atoms with Crippen molar-refractivity contribution in [1.82, 2.24) is 14.9 Å². The van der Waals surface area contributed by atoms with Crippen LogP contribution in [0.15, 0.2) is 34.2 Å². The topological polar surface area (TPSA) is 118 Å². The minimum Gasteiger partial charge on any atom is -0.396 e. The number of amides is 1. The smallest absolute Gasteiger partial charge is 0.262 e. The van der Waals surface area contributed by atoms with Crippen molar-refractivity contribution in [3.63, 3.8) is 0 Å². The Hall–Kier alpha value is -1.91. The molecular formula is C17H21N3O5S2. The van der Waals surface area contributed by atoms with Crippen molar-refractivity contribution in [3.05, 3.63) is 34.6 Å². The van der Waals surface area contributed by atoms with Crippen molar-refractivity contribution in [2.75, 3.05) is 23.9 Å². The number of fused-ring (bicyclic) bond motifs is 1. The van der Waals surface area contributed by atoms with Gasteiger partial charge in [0, 0.05) is 19.2 Å². The van der Waals surface area contributed by atoms with Crippen LogP contribution in [0.2, 0.25) is 0 Å². The van der Waals surface area contributed by atoms with Gasteiger partial charge in [0.25, 0.3) is 5.56 Å². The zero-order chi connectivity index (χ0) is 19.4. The summed E-state index contributed by atoms with van der Waals surface area (Å²) >= 11 is 1.13. The van der Waals surface area contributed by atoms with Crippen molar-refractivity contribution < 1.29 is 18.3 Å². The Morgan fingerprint density at radius 1 is 1.37 bits per heavy atom. The Kier molecular flexibility index (Phi) is 6.18. The molecule has 1 aromatic carbocycles. The zero-order valence-electron chi connectivity index (χ0n) is 14.6. The molecular weight excluding hydrogens is 390 g/mol. The number of carbonyl (C=O) groups is 1. The number of rotatable bonds is 7. The van der Waals surface area contributed by atoms with E-state index in [9.17, 15) is 18.0 Å². The fourth-order valence-corrected chi connectivity index (χ4v) is 5.50. The number of sulfone groups is 1. The molecule has 0 spiro atoms. The van der Waals surface area contributed by atoms with E-state index >= 15 is 0 Å². The number of aliphatic hydroxyl groups excluding tert-OH is 1. The molecule has 1 fully saturated rings. The number of hydrogen-bond acceptors (Lipinski definition) is 7. The van der Waals surface area contributed by atoms with Crippen LogP contribution in [0.25, 0.3) is 10.9 Å². The van der Waals surface area contributed by atoms with E-state index in [4.69, 9.17) is 5.11 Å². The lowest BCUT2D eigenvalue weighted by Gasteiger charge is -2.14. The predicted molar refractivity (Wildman–Crippen MR) is 104 cm³/mol. The average molecular weight is 412 g/mol. The third kappa shape index (κ3) is 4.88. The molecule has 0 saturated carbocycles. The fraction of sp³-hybridized carbons (Fsp3) is 0.471. The van der Waals surface area contributed by atoms with Crippen molar-refractivity contribution in [1.29, 1.82) is 0 Å². The lowest BCUT2D eigenvalue weighted by atomic mass is 10.2. The molecule has 1 atom stereocenters. The van der Waals surface area contributed by atoms with Gasteiger partial charge in [-0.15, -0.1) is 0 Å². The molecule has 0 bridgehead atoms. The van der Waals surface area contributed by atoms with Gasteiger partial charge in [-0.1, -0.05) is 23.9 Å². The molecule has 27 heavy (non-hydrogen) atoms. The van der Waals surface area contributed by atoms with Crippen molar-refractivity contribution >= 4 is 38.4 Å². The van der Waals surface area contributed by atoms with Crippen LogP contribution in [-0.4, -0.2) is 58.9 Å². The molecule has 146 valence electrons. The molecule has 0 radical (unpaired) electrons. The lowest BCUT2D eigenvalue weighted by Crippen LogP contribution is -2.36. The Balaban J connectivity index is 1.75. The van der Waals surface area contributed by atoms with Crippen molar-refractivity contribution in [2.24, 2.45) is 0 Å². The van der Waals surface area contributed by atoms with Crippen molar-refractivity contribution in [3.8, 4) is 0 Å². The number of aromatic nitrogens is 2. The summed E-state index contributed by atoms with van der Waals surface area (Å²) in [4.78, 5) is 29.4. The molecule has 2 aromatic rings. The van der Waals surface area contributed by atoms with Gasteiger partial charge in [0.2, 0.25) is 5.91 Å². The van der Waals surface area contributed by atoms with Crippen LogP contribution in [0.1, 0.15) is 12.8 Å². The van der Waals surface area contributed by atoms with Gasteiger partial charge < -0.3 is 10.4 Å². The molecule has 8 nitrogen and oxygen atoms in total. The highest BCUT2D eigenvalue weighted by Crippen LogP contribution is 2.18. The zero-order valence-corrected chi connectivity index (χ0v) is 16.3. The Labute approximate surface area is 160 Å². The van der Waals surface area contributed by atoms with Gasteiger partial charge >= 0.3 is 0 Å². The number of nitrogens with zero attached hydrogens (tertiary/aromatic N) is 2. The highest BCUT2D eigenvalue weighted by Gasteiger charge is 2.28. The largest absolute Gasteiger partial charge is 0.396 e. The number of benzene rings is 1. The summed E-state index contributed by atoms with van der Waals surface area (Å²) in [6.45, 7) is 0.248. The molecule has 3 rings (SSSR count). The van der Waals surface area contributed by atoms with E-state index in [1.54, 1.807) is 24.3 Å². The minimum absolute atomic E-state index is 0.0282. The maximum atomic E-state index is 12.7. The van der Waals surface area contributed by atoms with E-state index in [1.807, 2.05) is 0 Å². The summed E-state index contributed by atoms with van der Waals surface area (Å²) in [5.74, 6) is -0.199. The molecule has 2 N–H and O–H groups in total. The van der Waals surface area contributed by atoms with E-state index in [1.165, 1.54) is 4.57 Å². The number of para-hydroxylation sites is 1. The highest BCUT2D eigenvalue weighted by atomic mass is 32.2. The molecule has 1 aromatic heterocycles. The van der Waals surface area contributed by atoms with Crippen LogP contribution < -0.4 is 10.9 Å². The van der Waals surface area contributed by atoms with Crippen LogP contribution in [0.3, 0.4) is 0 Å². The van der Waals surface area contributed by atoms with Gasteiger partial charge in [0.15, 0.2) is 15.0 Å². The monoisotopic (exact) mass is 411 g/mol. The SMILES string of the molecule is O=C(CSc1nc2ccccc2c(=O)n1CCCO)N[C@H]1CCS(=O)(=O)C1. The van der Waals surface area contributed by atoms with Crippen LogP contribution in [0.4, 0.5) is 0 Å². The standard InChI is InChI=1S/C17H21N3O5S2/c21-8-3-7-20-16(23)13-4-1-2-5-14(13)19-17(20)26-10-15(22)18-12-6-9-27(24,25)11-12/h1-2,4-5,12,21H,3,6-11H2,(H,18,22)/t12-/m0/s1. The van der Waals surface area contributed by atoms with Gasteiger partial charge in [0.05, 0.1) is 28.2 Å². The van der Waals surface area contributed by atoms with Crippen molar-refractivity contribution in [2.45, 2.75) is 30.6 Å². The first kappa shape index (κ1) is 19.8. The number of aliphatic hydroxyl groups is 1. The second-order valence-electron chi connectivity index (χ2n) is 6.40. The first-order chi connectivity index (χ1) is 12.9. The van der Waals surface area contributed by atoms with Crippen LogP contribution in [0.5, 0.6) is 0 Å². The normalized spacial score (nSPS) is 18.6. The van der Waals surface area contributed by atoms with Crippen LogP contribution in [0, 0.1) is 0 Å². The molecule has 1 aliphatic heterocycles. The average Bonchev–Trinajstić information content (AvgIpc) is 2.97. The number of hydrogen-bond donors (Lipinski definition) is 2. The van der Waals surface area contributed by atoms with Gasteiger partial charge in [-0.05, 0) is 25.0 Å². The molecule has 0 aliphatic carbocycles. The number of nitrogens with one attached hydrogen (secondary N) is 1.